The Bertz CT molecular complexity index is 1290. The van der Waals surface area contributed by atoms with Gasteiger partial charge in [-0.25, -0.2) is 17.9 Å². The Hall–Kier alpha value is -3.58. The van der Waals surface area contributed by atoms with E-state index in [1.54, 1.807) is 29.2 Å². The highest BCUT2D eigenvalue weighted by atomic mass is 32.2. The number of hydrogen-bond donors (Lipinski definition) is 1. The molecule has 0 saturated carbocycles. The third-order valence-electron chi connectivity index (χ3n) is 6.02. The van der Waals surface area contributed by atoms with Crippen LogP contribution in [0.5, 0.6) is 0 Å². The Labute approximate surface area is 218 Å². The first-order valence-corrected chi connectivity index (χ1v) is 13.6. The highest BCUT2D eigenvalue weighted by Gasteiger charge is 2.18. The zero-order valence-corrected chi connectivity index (χ0v) is 21.4. The van der Waals surface area contributed by atoms with Crippen LogP contribution < -0.4 is 5.14 Å². The van der Waals surface area contributed by atoms with Crippen molar-refractivity contribution in [3.05, 3.63) is 101 Å². The topological polar surface area (TPSA) is 108 Å². The van der Waals surface area contributed by atoms with Gasteiger partial charge in [0.2, 0.25) is 15.9 Å². The van der Waals surface area contributed by atoms with Gasteiger partial charge in [0.25, 0.3) is 0 Å². The van der Waals surface area contributed by atoms with Crippen LogP contribution in [0.1, 0.15) is 23.1 Å². The standard InChI is InChI=1S/C28H31FN4O3S/c29-26-11-7-25(8-12-26)21-33(20-16-24-9-13-27(14-10-24)37(31,35)36)28(34)22-32(18-4-17-30)19-15-23-5-2-1-3-6-23/h1-3,5-14H,4,15-16,18-22H2,(H2,31,35,36). The Morgan fingerprint density at radius 1 is 0.838 bits per heavy atom. The summed E-state index contributed by atoms with van der Waals surface area (Å²) in [5.74, 6) is -0.448. The molecule has 0 unspecified atom stereocenters. The van der Waals surface area contributed by atoms with E-state index in [4.69, 9.17) is 10.4 Å². The van der Waals surface area contributed by atoms with Gasteiger partial charge in [-0.3, -0.25) is 9.69 Å². The summed E-state index contributed by atoms with van der Waals surface area (Å²) >= 11 is 0. The van der Waals surface area contributed by atoms with Crippen molar-refractivity contribution in [1.82, 2.24) is 9.80 Å². The maximum Gasteiger partial charge on any atom is 0.238 e. The number of hydrogen-bond acceptors (Lipinski definition) is 5. The molecule has 3 aromatic rings. The number of amides is 1. The molecule has 0 saturated heterocycles. The summed E-state index contributed by atoms with van der Waals surface area (Å²) in [6.45, 7) is 1.96. The second kappa shape index (κ2) is 13.7. The molecule has 0 aliphatic heterocycles. The van der Waals surface area contributed by atoms with Gasteiger partial charge in [0, 0.05) is 32.6 Å². The van der Waals surface area contributed by atoms with Gasteiger partial charge in [0.1, 0.15) is 5.82 Å². The van der Waals surface area contributed by atoms with Gasteiger partial charge in [0.05, 0.1) is 17.5 Å². The molecule has 0 atom stereocenters. The number of carbonyl (C=O) groups is 1. The number of nitrogens with zero attached hydrogens (tertiary/aromatic N) is 3. The fourth-order valence-electron chi connectivity index (χ4n) is 3.91. The van der Waals surface area contributed by atoms with Gasteiger partial charge >= 0.3 is 0 Å². The molecule has 0 bridgehead atoms. The van der Waals surface area contributed by atoms with E-state index in [2.05, 4.69) is 6.07 Å². The second-order valence-electron chi connectivity index (χ2n) is 8.80. The first-order valence-electron chi connectivity index (χ1n) is 12.0. The SMILES string of the molecule is N#CCCN(CCc1ccccc1)CC(=O)N(CCc1ccc(S(N)(=O)=O)cc1)Cc1ccc(F)cc1. The molecule has 3 aromatic carbocycles. The lowest BCUT2D eigenvalue weighted by atomic mass is 10.1. The minimum Gasteiger partial charge on any atom is -0.337 e. The summed E-state index contributed by atoms with van der Waals surface area (Å²) in [6, 6.07) is 24.4. The smallest absolute Gasteiger partial charge is 0.238 e. The zero-order chi connectivity index (χ0) is 26.7. The first kappa shape index (κ1) is 28.0. The molecule has 1 amide bonds. The molecule has 2 N–H and O–H groups in total. The average Bonchev–Trinajstić information content (AvgIpc) is 2.89. The van der Waals surface area contributed by atoms with Gasteiger partial charge < -0.3 is 4.90 Å². The summed E-state index contributed by atoms with van der Waals surface area (Å²) in [4.78, 5) is 17.2. The largest absolute Gasteiger partial charge is 0.337 e. The highest BCUT2D eigenvalue weighted by Crippen LogP contribution is 2.13. The maximum absolute atomic E-state index is 13.4. The van der Waals surface area contributed by atoms with Crippen molar-refractivity contribution < 1.29 is 17.6 Å². The highest BCUT2D eigenvalue weighted by molar-refractivity contribution is 7.89. The second-order valence-corrected chi connectivity index (χ2v) is 10.4. The summed E-state index contributed by atoms with van der Waals surface area (Å²) < 4.78 is 36.5. The molecule has 194 valence electrons. The molecular formula is C28H31FN4O3S. The van der Waals surface area contributed by atoms with Crippen LogP contribution in [0, 0.1) is 17.1 Å². The van der Waals surface area contributed by atoms with E-state index in [0.717, 1.165) is 23.1 Å². The van der Waals surface area contributed by atoms with Gasteiger partial charge in [0.15, 0.2) is 0 Å². The summed E-state index contributed by atoms with van der Waals surface area (Å²) in [7, 11) is -3.78. The molecule has 9 heteroatoms. The molecule has 0 fully saturated rings. The van der Waals surface area contributed by atoms with Crippen molar-refractivity contribution >= 4 is 15.9 Å². The van der Waals surface area contributed by atoms with Crippen molar-refractivity contribution in [3.63, 3.8) is 0 Å². The van der Waals surface area contributed by atoms with E-state index in [9.17, 15) is 17.6 Å². The number of nitriles is 1. The molecule has 0 aliphatic carbocycles. The normalized spacial score (nSPS) is 11.3. The van der Waals surface area contributed by atoms with Crippen molar-refractivity contribution in [3.8, 4) is 6.07 Å². The number of rotatable bonds is 13. The van der Waals surface area contributed by atoms with Crippen LogP contribution in [0.4, 0.5) is 4.39 Å². The van der Waals surface area contributed by atoms with E-state index < -0.39 is 10.0 Å². The number of benzene rings is 3. The van der Waals surface area contributed by atoms with Crippen LogP contribution >= 0.6 is 0 Å². The fraction of sp³-hybridized carbons (Fsp3) is 0.286. The number of nitrogens with two attached hydrogens (primary N) is 1. The van der Waals surface area contributed by atoms with Crippen LogP contribution in [0.25, 0.3) is 0 Å². The van der Waals surface area contributed by atoms with Crippen molar-refractivity contribution in [2.24, 2.45) is 5.14 Å². The zero-order valence-electron chi connectivity index (χ0n) is 20.6. The third-order valence-corrected chi connectivity index (χ3v) is 6.95. The minimum atomic E-state index is -3.78. The van der Waals surface area contributed by atoms with Crippen LogP contribution in [0.2, 0.25) is 0 Å². The molecule has 0 aliphatic rings. The predicted octanol–water partition coefficient (Wildman–Crippen LogP) is 3.50. The number of sulfonamides is 1. The van der Waals surface area contributed by atoms with E-state index >= 15 is 0 Å². The Kier molecular flexibility index (Phi) is 10.3. The fourth-order valence-corrected chi connectivity index (χ4v) is 4.43. The molecular weight excluding hydrogens is 491 g/mol. The lowest BCUT2D eigenvalue weighted by molar-refractivity contribution is -0.133. The molecule has 3 rings (SSSR count). The molecule has 7 nitrogen and oxygen atoms in total. The Morgan fingerprint density at radius 3 is 2.05 bits per heavy atom. The van der Waals surface area contributed by atoms with Crippen molar-refractivity contribution in [1.29, 1.82) is 5.26 Å². The van der Waals surface area contributed by atoms with E-state index in [1.807, 2.05) is 35.2 Å². The molecule has 0 heterocycles. The lowest BCUT2D eigenvalue weighted by Crippen LogP contribution is -2.42. The Morgan fingerprint density at radius 2 is 1.43 bits per heavy atom. The molecule has 0 spiro atoms. The van der Waals surface area contributed by atoms with Gasteiger partial charge in [-0.1, -0.05) is 54.6 Å². The van der Waals surface area contributed by atoms with Gasteiger partial charge in [-0.15, -0.1) is 0 Å². The van der Waals surface area contributed by atoms with Crippen LogP contribution in [0.3, 0.4) is 0 Å². The average molecular weight is 523 g/mol. The van der Waals surface area contributed by atoms with Crippen molar-refractivity contribution in [2.75, 3.05) is 26.2 Å². The first-order chi connectivity index (χ1) is 17.7. The molecule has 0 radical (unpaired) electrons. The predicted molar refractivity (Wildman–Crippen MR) is 140 cm³/mol. The van der Waals surface area contributed by atoms with E-state index in [1.165, 1.54) is 24.3 Å². The van der Waals surface area contributed by atoms with E-state index in [-0.39, 0.29) is 23.2 Å². The van der Waals surface area contributed by atoms with Crippen LogP contribution in [0.15, 0.2) is 83.8 Å². The van der Waals surface area contributed by atoms with Crippen LogP contribution in [-0.4, -0.2) is 50.3 Å². The molecule has 0 aromatic heterocycles. The van der Waals surface area contributed by atoms with E-state index in [0.29, 0.717) is 39.0 Å². The monoisotopic (exact) mass is 522 g/mol. The number of halogens is 1. The van der Waals surface area contributed by atoms with Crippen LogP contribution in [-0.2, 0) is 34.2 Å². The summed E-state index contributed by atoms with van der Waals surface area (Å²) in [5, 5.41) is 14.3. The summed E-state index contributed by atoms with van der Waals surface area (Å²) in [5.41, 5.74) is 2.81. The number of carbonyl (C=O) groups excluding carboxylic acids is 1. The summed E-state index contributed by atoms with van der Waals surface area (Å²) in [6.07, 6.45) is 1.57. The lowest BCUT2D eigenvalue weighted by Gasteiger charge is -2.27. The van der Waals surface area contributed by atoms with Crippen molar-refractivity contribution in [2.45, 2.75) is 30.7 Å². The van der Waals surface area contributed by atoms with Gasteiger partial charge in [-0.05, 0) is 53.8 Å². The minimum absolute atomic E-state index is 0.0297. The Balaban J connectivity index is 1.71. The molecule has 37 heavy (non-hydrogen) atoms. The third kappa shape index (κ3) is 9.42. The maximum atomic E-state index is 13.4. The quantitative estimate of drug-likeness (QED) is 0.370. The number of primary sulfonamides is 1. The van der Waals surface area contributed by atoms with Gasteiger partial charge in [-0.2, -0.15) is 5.26 Å².